The highest BCUT2D eigenvalue weighted by atomic mass is 16.5. The molecule has 16 heavy (non-hydrogen) atoms. The number of rotatable bonds is 7. The van der Waals surface area contributed by atoms with Gasteiger partial charge in [-0.15, -0.1) is 0 Å². The second-order valence-corrected chi connectivity index (χ2v) is 4.52. The van der Waals surface area contributed by atoms with E-state index in [1.54, 1.807) is 14.2 Å². The molecule has 0 aromatic rings. The van der Waals surface area contributed by atoms with Crippen LogP contribution in [0.3, 0.4) is 0 Å². The summed E-state index contributed by atoms with van der Waals surface area (Å²) in [7, 11) is 3.54. The zero-order chi connectivity index (χ0) is 11.8. The smallest absolute Gasteiger partial charge is 0.0615 e. The Morgan fingerprint density at radius 1 is 1.25 bits per heavy atom. The summed E-state index contributed by atoms with van der Waals surface area (Å²) in [5, 5.41) is 3.41. The van der Waals surface area contributed by atoms with E-state index in [-0.39, 0.29) is 0 Å². The van der Waals surface area contributed by atoms with Crippen molar-refractivity contribution >= 4 is 0 Å². The SMILES string of the molecule is COCCN(C(C)COC)C1CCNCC1. The van der Waals surface area contributed by atoms with Gasteiger partial charge in [0.25, 0.3) is 0 Å². The molecule has 0 amide bonds. The lowest BCUT2D eigenvalue weighted by Crippen LogP contribution is -2.49. The first-order valence-corrected chi connectivity index (χ1v) is 6.24. The fourth-order valence-electron chi connectivity index (χ4n) is 2.43. The molecule has 4 heteroatoms. The van der Waals surface area contributed by atoms with Crippen molar-refractivity contribution in [2.75, 3.05) is 47.1 Å². The predicted octanol–water partition coefficient (Wildman–Crippen LogP) is 0.722. The van der Waals surface area contributed by atoms with Crippen LogP contribution in [-0.2, 0) is 9.47 Å². The van der Waals surface area contributed by atoms with Gasteiger partial charge in [0.15, 0.2) is 0 Å². The van der Waals surface area contributed by atoms with Crippen LogP contribution in [0.5, 0.6) is 0 Å². The first-order valence-electron chi connectivity index (χ1n) is 6.24. The molecule has 0 aromatic carbocycles. The molecule has 0 saturated carbocycles. The lowest BCUT2D eigenvalue weighted by molar-refractivity contribution is 0.0374. The summed E-state index contributed by atoms with van der Waals surface area (Å²) in [6.07, 6.45) is 2.47. The molecule has 0 aromatic heterocycles. The van der Waals surface area contributed by atoms with Gasteiger partial charge in [-0.2, -0.15) is 0 Å². The molecule has 0 radical (unpaired) electrons. The van der Waals surface area contributed by atoms with Crippen LogP contribution in [-0.4, -0.2) is 64.1 Å². The van der Waals surface area contributed by atoms with E-state index >= 15 is 0 Å². The fourth-order valence-corrected chi connectivity index (χ4v) is 2.43. The minimum atomic E-state index is 0.475. The zero-order valence-electron chi connectivity index (χ0n) is 10.9. The highest BCUT2D eigenvalue weighted by Gasteiger charge is 2.24. The maximum absolute atomic E-state index is 5.26. The Hall–Kier alpha value is -0.160. The van der Waals surface area contributed by atoms with E-state index in [1.807, 2.05) is 0 Å². The lowest BCUT2D eigenvalue weighted by atomic mass is 10.0. The molecule has 1 unspecified atom stereocenters. The van der Waals surface area contributed by atoms with Gasteiger partial charge in [0.2, 0.25) is 0 Å². The molecule has 1 fully saturated rings. The van der Waals surface area contributed by atoms with Gasteiger partial charge in [0, 0.05) is 32.8 Å². The van der Waals surface area contributed by atoms with Gasteiger partial charge in [0.05, 0.1) is 13.2 Å². The van der Waals surface area contributed by atoms with Crippen LogP contribution in [0.15, 0.2) is 0 Å². The minimum absolute atomic E-state index is 0.475. The quantitative estimate of drug-likeness (QED) is 0.699. The molecule has 1 heterocycles. The molecule has 96 valence electrons. The van der Waals surface area contributed by atoms with Crippen molar-refractivity contribution in [1.82, 2.24) is 10.2 Å². The normalized spacial score (nSPS) is 20.2. The van der Waals surface area contributed by atoms with Gasteiger partial charge in [-0.25, -0.2) is 0 Å². The monoisotopic (exact) mass is 230 g/mol. The van der Waals surface area contributed by atoms with Gasteiger partial charge in [-0.3, -0.25) is 4.90 Å². The molecule has 0 bridgehead atoms. The highest BCUT2D eigenvalue weighted by molar-refractivity contribution is 4.81. The average Bonchev–Trinajstić information content (AvgIpc) is 2.31. The molecule has 0 spiro atoms. The van der Waals surface area contributed by atoms with Crippen LogP contribution in [0.25, 0.3) is 0 Å². The summed E-state index contributed by atoms with van der Waals surface area (Å²) in [6.45, 7) is 7.11. The second kappa shape index (κ2) is 8.01. The second-order valence-electron chi connectivity index (χ2n) is 4.52. The van der Waals surface area contributed by atoms with Gasteiger partial charge < -0.3 is 14.8 Å². The molecule has 0 aliphatic carbocycles. The minimum Gasteiger partial charge on any atom is -0.383 e. The van der Waals surface area contributed by atoms with E-state index in [0.717, 1.165) is 32.8 Å². The van der Waals surface area contributed by atoms with Gasteiger partial charge in [-0.05, 0) is 32.9 Å². The lowest BCUT2D eigenvalue weighted by Gasteiger charge is -2.38. The third-order valence-corrected chi connectivity index (χ3v) is 3.31. The molecule has 1 saturated heterocycles. The number of nitrogens with zero attached hydrogens (tertiary/aromatic N) is 1. The Morgan fingerprint density at radius 2 is 1.94 bits per heavy atom. The van der Waals surface area contributed by atoms with E-state index in [1.165, 1.54) is 12.8 Å². The molecule has 1 atom stereocenters. The maximum atomic E-state index is 5.26. The van der Waals surface area contributed by atoms with Crippen molar-refractivity contribution in [2.45, 2.75) is 31.8 Å². The van der Waals surface area contributed by atoms with Crippen LogP contribution >= 0.6 is 0 Å². The number of hydrogen-bond acceptors (Lipinski definition) is 4. The van der Waals surface area contributed by atoms with E-state index in [4.69, 9.17) is 9.47 Å². The molecule has 1 aliphatic rings. The number of methoxy groups -OCH3 is 2. The summed E-state index contributed by atoms with van der Waals surface area (Å²) < 4.78 is 10.5. The third kappa shape index (κ3) is 4.37. The molecule has 1 rings (SSSR count). The molecular weight excluding hydrogens is 204 g/mol. The maximum Gasteiger partial charge on any atom is 0.0615 e. The number of hydrogen-bond donors (Lipinski definition) is 1. The van der Waals surface area contributed by atoms with E-state index in [9.17, 15) is 0 Å². The Bertz CT molecular complexity index is 172. The van der Waals surface area contributed by atoms with Crippen LogP contribution in [0.1, 0.15) is 19.8 Å². The van der Waals surface area contributed by atoms with Crippen molar-refractivity contribution in [3.05, 3.63) is 0 Å². The van der Waals surface area contributed by atoms with Crippen LogP contribution < -0.4 is 5.32 Å². The number of ether oxygens (including phenoxy) is 2. The topological polar surface area (TPSA) is 33.7 Å². The third-order valence-electron chi connectivity index (χ3n) is 3.31. The Morgan fingerprint density at radius 3 is 2.50 bits per heavy atom. The molecule has 1 N–H and O–H groups in total. The summed E-state index contributed by atoms with van der Waals surface area (Å²) in [6, 6.07) is 1.16. The summed E-state index contributed by atoms with van der Waals surface area (Å²) >= 11 is 0. The van der Waals surface area contributed by atoms with Crippen molar-refractivity contribution in [2.24, 2.45) is 0 Å². The number of piperidine rings is 1. The highest BCUT2D eigenvalue weighted by Crippen LogP contribution is 2.15. The van der Waals surface area contributed by atoms with Crippen molar-refractivity contribution in [1.29, 1.82) is 0 Å². The van der Waals surface area contributed by atoms with E-state index in [0.29, 0.717) is 12.1 Å². The van der Waals surface area contributed by atoms with Crippen molar-refractivity contribution in [3.63, 3.8) is 0 Å². The van der Waals surface area contributed by atoms with Gasteiger partial charge in [-0.1, -0.05) is 0 Å². The fraction of sp³-hybridized carbons (Fsp3) is 1.00. The molecular formula is C12H26N2O2. The first-order chi connectivity index (χ1) is 7.79. The Labute approximate surface area is 99.3 Å². The first kappa shape index (κ1) is 13.9. The predicted molar refractivity (Wildman–Crippen MR) is 65.8 cm³/mol. The van der Waals surface area contributed by atoms with Crippen molar-refractivity contribution < 1.29 is 9.47 Å². The van der Waals surface area contributed by atoms with Gasteiger partial charge in [0.1, 0.15) is 0 Å². The van der Waals surface area contributed by atoms with E-state index < -0.39 is 0 Å². The standard InChI is InChI=1S/C12H26N2O2/c1-11(10-16-3)14(8-9-15-2)12-4-6-13-7-5-12/h11-13H,4-10H2,1-3H3. The molecule has 1 aliphatic heterocycles. The largest absolute Gasteiger partial charge is 0.383 e. The summed E-state index contributed by atoms with van der Waals surface area (Å²) in [4.78, 5) is 2.54. The van der Waals surface area contributed by atoms with E-state index in [2.05, 4.69) is 17.1 Å². The summed E-state index contributed by atoms with van der Waals surface area (Å²) in [5.74, 6) is 0. The summed E-state index contributed by atoms with van der Waals surface area (Å²) in [5.41, 5.74) is 0. The van der Waals surface area contributed by atoms with Gasteiger partial charge >= 0.3 is 0 Å². The molecule has 4 nitrogen and oxygen atoms in total. The van der Waals surface area contributed by atoms with Crippen LogP contribution in [0.2, 0.25) is 0 Å². The van der Waals surface area contributed by atoms with Crippen molar-refractivity contribution in [3.8, 4) is 0 Å². The Balaban J connectivity index is 2.46. The zero-order valence-corrected chi connectivity index (χ0v) is 10.9. The Kier molecular flexibility index (Phi) is 6.96. The average molecular weight is 230 g/mol. The van der Waals surface area contributed by atoms with Crippen LogP contribution in [0.4, 0.5) is 0 Å². The van der Waals surface area contributed by atoms with Crippen LogP contribution in [0, 0.1) is 0 Å². The number of nitrogens with one attached hydrogen (secondary N) is 1.